The van der Waals surface area contributed by atoms with E-state index in [1.807, 2.05) is 0 Å². The first-order valence-corrected chi connectivity index (χ1v) is 8.33. The monoisotopic (exact) mass is 385 g/mol. The number of rotatable bonds is 4. The first-order chi connectivity index (χ1) is 11.3. The number of anilines is 1. The van der Waals surface area contributed by atoms with Crippen LogP contribution in [0.1, 0.15) is 5.56 Å². The first kappa shape index (κ1) is 18.9. The van der Waals surface area contributed by atoms with E-state index in [2.05, 4.69) is 5.32 Å². The Morgan fingerprint density at radius 1 is 1.12 bits per heavy atom. The van der Waals surface area contributed by atoms with Gasteiger partial charge in [-0.1, -0.05) is 0 Å². The molecule has 2 N–H and O–H groups in total. The van der Waals surface area contributed by atoms with Crippen LogP contribution in [0.4, 0.5) is 30.2 Å². The molecule has 0 radical (unpaired) electrons. The fourth-order valence-corrected chi connectivity index (χ4v) is 4.10. The van der Waals surface area contributed by atoms with E-state index in [9.17, 15) is 46.9 Å². The minimum atomic E-state index is -5.07. The summed E-state index contributed by atoms with van der Waals surface area (Å²) >= 11 is 0. The summed E-state index contributed by atoms with van der Waals surface area (Å²) in [4.78, 5) is 19.6. The van der Waals surface area contributed by atoms with Crippen LogP contribution < -0.4 is 5.32 Å². The zero-order chi connectivity index (χ0) is 19.2. The number of nitrogens with one attached hydrogen (secondary N) is 1. The molecule has 0 unspecified atom stereocenters. The summed E-state index contributed by atoms with van der Waals surface area (Å²) in [6, 6.07) is -1.13. The number of aliphatic hydroxyl groups is 1. The molecule has 14 heteroatoms. The molecule has 0 bridgehead atoms. The number of sulfone groups is 1. The standard InChI is InChI=1S/C11H10F3N3O7S/c12-11(13,14)5-1-7(16(19)20)10(8(2-5)17(21)22)15-6-3-25(23,24)4-9(6)18/h1-2,6,9,15,18H,3-4H2/t6-,9+/m0/s1. The summed E-state index contributed by atoms with van der Waals surface area (Å²) < 4.78 is 61.3. The molecule has 2 rings (SSSR count). The van der Waals surface area contributed by atoms with Crippen LogP contribution in [0.25, 0.3) is 0 Å². The minimum absolute atomic E-state index is 0.102. The quantitative estimate of drug-likeness (QED) is 0.577. The van der Waals surface area contributed by atoms with Gasteiger partial charge in [0.2, 0.25) is 0 Å². The van der Waals surface area contributed by atoms with Crippen LogP contribution >= 0.6 is 0 Å². The molecule has 1 aliphatic rings. The van der Waals surface area contributed by atoms with E-state index in [0.29, 0.717) is 0 Å². The van der Waals surface area contributed by atoms with Crippen LogP contribution in [0.3, 0.4) is 0 Å². The Labute approximate surface area is 137 Å². The van der Waals surface area contributed by atoms with Crippen molar-refractivity contribution in [2.24, 2.45) is 0 Å². The van der Waals surface area contributed by atoms with Crippen LogP contribution in [0.15, 0.2) is 12.1 Å². The molecule has 1 aliphatic heterocycles. The van der Waals surface area contributed by atoms with Gasteiger partial charge in [0.1, 0.15) is 0 Å². The van der Waals surface area contributed by atoms with Gasteiger partial charge in [-0.05, 0) is 0 Å². The third-order valence-corrected chi connectivity index (χ3v) is 5.19. The summed E-state index contributed by atoms with van der Waals surface area (Å²) in [5.41, 5.74) is -5.00. The highest BCUT2D eigenvalue weighted by atomic mass is 32.2. The number of benzene rings is 1. The van der Waals surface area contributed by atoms with Crippen molar-refractivity contribution in [1.29, 1.82) is 0 Å². The lowest BCUT2D eigenvalue weighted by Crippen LogP contribution is -2.32. The van der Waals surface area contributed by atoms with Crippen LogP contribution in [0, 0.1) is 20.2 Å². The average molecular weight is 385 g/mol. The molecular formula is C11H10F3N3O7S. The molecule has 0 aromatic heterocycles. The average Bonchev–Trinajstić information content (AvgIpc) is 2.69. The third-order valence-electron chi connectivity index (χ3n) is 3.47. The molecule has 2 atom stereocenters. The maximum atomic E-state index is 12.8. The summed E-state index contributed by atoms with van der Waals surface area (Å²) in [6.07, 6.45) is -6.59. The number of nitro groups is 2. The summed E-state index contributed by atoms with van der Waals surface area (Å²) in [5, 5.41) is 33.9. The second-order valence-electron chi connectivity index (χ2n) is 5.30. The van der Waals surface area contributed by atoms with Gasteiger partial charge in [-0.2, -0.15) is 13.2 Å². The summed E-state index contributed by atoms with van der Waals surface area (Å²) in [7, 11) is -3.69. The molecule has 1 heterocycles. The van der Waals surface area contributed by atoms with Gasteiger partial charge in [0.05, 0.1) is 39.1 Å². The number of alkyl halides is 3. The Morgan fingerprint density at radius 3 is 1.92 bits per heavy atom. The highest BCUT2D eigenvalue weighted by molar-refractivity contribution is 7.91. The fourth-order valence-electron chi connectivity index (χ4n) is 2.36. The Bertz CT molecular complexity index is 805. The van der Waals surface area contributed by atoms with E-state index in [4.69, 9.17) is 0 Å². The van der Waals surface area contributed by atoms with Crippen LogP contribution in [-0.4, -0.2) is 47.0 Å². The number of nitro benzene ring substituents is 2. The topological polar surface area (TPSA) is 153 Å². The SMILES string of the molecule is O=[N+]([O-])c1cc(C(F)(F)F)cc([N+](=O)[O-])c1N[C@H]1CS(=O)(=O)C[C@H]1O. The van der Waals surface area contributed by atoms with Gasteiger partial charge in [0, 0.05) is 12.1 Å². The van der Waals surface area contributed by atoms with Gasteiger partial charge in [-0.15, -0.1) is 0 Å². The van der Waals surface area contributed by atoms with E-state index < -0.39 is 72.1 Å². The zero-order valence-electron chi connectivity index (χ0n) is 12.1. The van der Waals surface area contributed by atoms with Crippen molar-refractivity contribution in [2.45, 2.75) is 18.3 Å². The second kappa shape index (κ2) is 6.11. The Balaban J connectivity index is 2.59. The summed E-state index contributed by atoms with van der Waals surface area (Å²) in [5.74, 6) is -1.35. The Hall–Kier alpha value is -2.48. The molecule has 0 amide bonds. The molecule has 0 aliphatic carbocycles. The minimum Gasteiger partial charge on any atom is -0.390 e. The molecule has 10 nitrogen and oxygen atoms in total. The van der Waals surface area contributed by atoms with Gasteiger partial charge in [0.15, 0.2) is 15.5 Å². The Morgan fingerprint density at radius 2 is 1.60 bits per heavy atom. The van der Waals surface area contributed by atoms with Crippen molar-refractivity contribution in [3.05, 3.63) is 37.9 Å². The number of nitrogens with zero attached hydrogens (tertiary/aromatic N) is 2. The van der Waals surface area contributed by atoms with E-state index in [-0.39, 0.29) is 12.1 Å². The third kappa shape index (κ3) is 3.96. The normalized spacial score (nSPS) is 22.6. The zero-order valence-corrected chi connectivity index (χ0v) is 12.9. The van der Waals surface area contributed by atoms with Gasteiger partial charge >= 0.3 is 6.18 Å². The van der Waals surface area contributed by atoms with E-state index >= 15 is 0 Å². The van der Waals surface area contributed by atoms with Crippen molar-refractivity contribution in [2.75, 3.05) is 16.8 Å². The van der Waals surface area contributed by atoms with Gasteiger partial charge in [-0.25, -0.2) is 8.42 Å². The highest BCUT2D eigenvalue weighted by Gasteiger charge is 2.41. The molecular weight excluding hydrogens is 375 g/mol. The van der Waals surface area contributed by atoms with Gasteiger partial charge < -0.3 is 10.4 Å². The van der Waals surface area contributed by atoms with Crippen LogP contribution in [-0.2, 0) is 16.0 Å². The van der Waals surface area contributed by atoms with E-state index in [1.165, 1.54) is 0 Å². The molecule has 1 aromatic carbocycles. The molecule has 138 valence electrons. The van der Waals surface area contributed by atoms with Crippen LogP contribution in [0.5, 0.6) is 0 Å². The van der Waals surface area contributed by atoms with Crippen molar-refractivity contribution >= 4 is 26.9 Å². The van der Waals surface area contributed by atoms with Gasteiger partial charge in [-0.3, -0.25) is 20.2 Å². The maximum Gasteiger partial charge on any atom is 0.416 e. The first-order valence-electron chi connectivity index (χ1n) is 6.51. The fraction of sp³-hybridized carbons (Fsp3) is 0.455. The molecule has 1 aromatic rings. The smallest absolute Gasteiger partial charge is 0.390 e. The lowest BCUT2D eigenvalue weighted by molar-refractivity contribution is -0.392. The maximum absolute atomic E-state index is 12.8. The van der Waals surface area contributed by atoms with Crippen molar-refractivity contribution in [1.82, 2.24) is 0 Å². The van der Waals surface area contributed by atoms with Gasteiger partial charge in [0.25, 0.3) is 11.4 Å². The largest absolute Gasteiger partial charge is 0.416 e. The molecule has 1 fully saturated rings. The van der Waals surface area contributed by atoms with Crippen molar-refractivity contribution in [3.63, 3.8) is 0 Å². The number of hydrogen-bond acceptors (Lipinski definition) is 8. The lowest BCUT2D eigenvalue weighted by Gasteiger charge is -2.17. The highest BCUT2D eigenvalue weighted by Crippen LogP contribution is 2.41. The molecule has 1 saturated heterocycles. The predicted octanol–water partition coefficient (Wildman–Crippen LogP) is 1.09. The summed E-state index contributed by atoms with van der Waals surface area (Å²) in [6.45, 7) is 0. The number of halogens is 3. The van der Waals surface area contributed by atoms with E-state index in [1.54, 1.807) is 0 Å². The predicted molar refractivity (Wildman–Crippen MR) is 76.8 cm³/mol. The number of aliphatic hydroxyl groups excluding tert-OH is 1. The van der Waals surface area contributed by atoms with Crippen molar-refractivity contribution in [3.8, 4) is 0 Å². The molecule has 0 spiro atoms. The van der Waals surface area contributed by atoms with Crippen LogP contribution in [0.2, 0.25) is 0 Å². The second-order valence-corrected chi connectivity index (χ2v) is 7.45. The Kier molecular flexibility index (Phi) is 4.61. The number of hydrogen-bond donors (Lipinski definition) is 2. The lowest BCUT2D eigenvalue weighted by atomic mass is 10.1. The van der Waals surface area contributed by atoms with Crippen molar-refractivity contribution < 1.29 is 36.5 Å². The molecule has 0 saturated carbocycles. The van der Waals surface area contributed by atoms with E-state index in [0.717, 1.165) is 0 Å². The molecule has 25 heavy (non-hydrogen) atoms.